The van der Waals surface area contributed by atoms with Crippen molar-refractivity contribution in [2.75, 3.05) is 0 Å². The van der Waals surface area contributed by atoms with Gasteiger partial charge in [-0.1, -0.05) is 56.3 Å². The van der Waals surface area contributed by atoms with E-state index in [0.29, 0.717) is 17.5 Å². The molecule has 6 nitrogen and oxygen atoms in total. The van der Waals surface area contributed by atoms with Gasteiger partial charge < -0.3 is 20.4 Å². The number of hydrogen-bond donors (Lipinski definition) is 4. The van der Waals surface area contributed by atoms with Gasteiger partial charge in [-0.25, -0.2) is 9.59 Å². The van der Waals surface area contributed by atoms with Crippen molar-refractivity contribution in [3.8, 4) is 0 Å². The second-order valence-electron chi connectivity index (χ2n) is 6.88. The normalized spacial score (nSPS) is 12.2. The first kappa shape index (κ1) is 26.0. The van der Waals surface area contributed by atoms with Gasteiger partial charge in [-0.2, -0.15) is 0 Å². The second kappa shape index (κ2) is 13.3. The summed E-state index contributed by atoms with van der Waals surface area (Å²) in [6.45, 7) is 8.90. The maximum absolute atomic E-state index is 10.2. The molecule has 0 aliphatic heterocycles. The fourth-order valence-electron chi connectivity index (χ4n) is 1.90. The molecule has 0 aromatic heterocycles. The van der Waals surface area contributed by atoms with Crippen LogP contribution in [0.2, 0.25) is 0 Å². The third-order valence-corrected chi connectivity index (χ3v) is 4.37. The molecule has 6 heteroatoms. The standard InChI is InChI=1S/C9H18O2.2C7H6O2/c1-5-6-8(11)9(3,4)7(2)10;2*8-7(9)6-4-2-1-3-5-6/h5,7-8,10-11H,1,6H2,2-4H3;2*1-5H,(H,8,9). The van der Waals surface area contributed by atoms with E-state index in [1.165, 1.54) is 0 Å². The van der Waals surface area contributed by atoms with Crippen LogP contribution in [0.25, 0.3) is 0 Å². The minimum Gasteiger partial charge on any atom is -0.478 e. The molecule has 0 amide bonds. The van der Waals surface area contributed by atoms with Crippen LogP contribution >= 0.6 is 0 Å². The van der Waals surface area contributed by atoms with Gasteiger partial charge in [0.05, 0.1) is 23.3 Å². The summed E-state index contributed by atoms with van der Waals surface area (Å²) < 4.78 is 0. The van der Waals surface area contributed by atoms with Crippen LogP contribution in [0.4, 0.5) is 0 Å². The molecule has 0 spiro atoms. The first-order valence-corrected chi connectivity index (χ1v) is 9.07. The molecule has 0 saturated carbocycles. The van der Waals surface area contributed by atoms with Gasteiger partial charge in [-0.15, -0.1) is 6.58 Å². The van der Waals surface area contributed by atoms with Crippen LogP contribution in [0.3, 0.4) is 0 Å². The highest BCUT2D eigenvalue weighted by molar-refractivity contribution is 5.87. The Bertz CT molecular complexity index is 689. The Hall–Kier alpha value is -2.96. The predicted molar refractivity (Wildman–Crippen MR) is 113 cm³/mol. The largest absolute Gasteiger partial charge is 0.478 e. The molecule has 0 bridgehead atoms. The predicted octanol–water partition coefficient (Wildman–Crippen LogP) is 4.10. The van der Waals surface area contributed by atoms with Crippen LogP contribution in [0.15, 0.2) is 73.3 Å². The van der Waals surface area contributed by atoms with Gasteiger partial charge in [-0.05, 0) is 37.6 Å². The Morgan fingerprint density at radius 1 is 0.897 bits per heavy atom. The molecule has 0 aliphatic carbocycles. The zero-order valence-corrected chi connectivity index (χ0v) is 17.0. The summed E-state index contributed by atoms with van der Waals surface area (Å²) in [4.78, 5) is 20.4. The molecule has 2 aromatic carbocycles. The van der Waals surface area contributed by atoms with Crippen molar-refractivity contribution in [3.63, 3.8) is 0 Å². The molecule has 29 heavy (non-hydrogen) atoms. The minimum atomic E-state index is -0.879. The summed E-state index contributed by atoms with van der Waals surface area (Å²) in [5.41, 5.74) is 0.212. The van der Waals surface area contributed by atoms with Gasteiger partial charge in [0.25, 0.3) is 0 Å². The molecular weight excluding hydrogens is 372 g/mol. The number of aromatic carboxylic acids is 2. The van der Waals surface area contributed by atoms with Gasteiger partial charge in [0.2, 0.25) is 0 Å². The van der Waals surface area contributed by atoms with Crippen molar-refractivity contribution in [1.82, 2.24) is 0 Å². The lowest BCUT2D eigenvalue weighted by molar-refractivity contribution is -0.0365. The van der Waals surface area contributed by atoms with E-state index in [9.17, 15) is 19.8 Å². The Balaban J connectivity index is 0.000000408. The Labute approximate surface area is 171 Å². The summed E-state index contributed by atoms with van der Waals surface area (Å²) in [6.07, 6.45) is 1.17. The highest BCUT2D eigenvalue weighted by Crippen LogP contribution is 2.27. The number of carbonyl (C=O) groups is 2. The summed E-state index contributed by atoms with van der Waals surface area (Å²) in [6, 6.07) is 16.6. The van der Waals surface area contributed by atoms with Crippen LogP contribution in [-0.2, 0) is 0 Å². The topological polar surface area (TPSA) is 115 Å². The van der Waals surface area contributed by atoms with Crippen LogP contribution < -0.4 is 0 Å². The van der Waals surface area contributed by atoms with E-state index in [2.05, 4.69) is 6.58 Å². The zero-order valence-electron chi connectivity index (χ0n) is 17.0. The van der Waals surface area contributed by atoms with Gasteiger partial charge >= 0.3 is 11.9 Å². The van der Waals surface area contributed by atoms with Crippen molar-refractivity contribution in [3.05, 3.63) is 84.4 Å². The van der Waals surface area contributed by atoms with E-state index in [-0.39, 0.29) is 0 Å². The number of rotatable bonds is 6. The smallest absolute Gasteiger partial charge is 0.335 e. The fraction of sp³-hybridized carbons (Fsp3) is 0.304. The molecule has 0 aliphatic rings. The summed E-state index contributed by atoms with van der Waals surface area (Å²) in [7, 11) is 0. The lowest BCUT2D eigenvalue weighted by atomic mass is 9.80. The molecule has 2 aromatic rings. The Kier molecular flexibility index (Phi) is 11.9. The SMILES string of the molecule is C=CCC(O)C(C)(C)C(C)O.O=C(O)c1ccccc1.O=C(O)c1ccccc1. The highest BCUT2D eigenvalue weighted by Gasteiger charge is 2.31. The molecule has 4 N–H and O–H groups in total. The average Bonchev–Trinajstić information content (AvgIpc) is 2.70. The van der Waals surface area contributed by atoms with E-state index in [0.717, 1.165) is 0 Å². The van der Waals surface area contributed by atoms with Gasteiger partial charge in [0.1, 0.15) is 0 Å². The number of benzene rings is 2. The molecule has 0 radical (unpaired) electrons. The van der Waals surface area contributed by atoms with Crippen molar-refractivity contribution in [1.29, 1.82) is 0 Å². The fourth-order valence-corrected chi connectivity index (χ4v) is 1.90. The van der Waals surface area contributed by atoms with Crippen molar-refractivity contribution in [2.24, 2.45) is 5.41 Å². The molecule has 2 rings (SSSR count). The van der Waals surface area contributed by atoms with E-state index in [4.69, 9.17) is 10.2 Å². The Morgan fingerprint density at radius 3 is 1.45 bits per heavy atom. The lowest BCUT2D eigenvalue weighted by Gasteiger charge is -2.32. The molecule has 158 valence electrons. The second-order valence-corrected chi connectivity index (χ2v) is 6.88. The van der Waals surface area contributed by atoms with Crippen molar-refractivity contribution < 1.29 is 30.0 Å². The highest BCUT2D eigenvalue weighted by atomic mass is 16.4. The van der Waals surface area contributed by atoms with Gasteiger partial charge in [0, 0.05) is 5.41 Å². The number of carboxylic acid groups (broad SMARTS) is 2. The van der Waals surface area contributed by atoms with Crippen LogP contribution in [-0.4, -0.2) is 44.6 Å². The molecule has 2 atom stereocenters. The maximum atomic E-state index is 10.2. The molecular formula is C23H30O6. The minimum absolute atomic E-state index is 0.331. The summed E-state index contributed by atoms with van der Waals surface area (Å²) >= 11 is 0. The molecule has 0 heterocycles. The third-order valence-electron chi connectivity index (χ3n) is 4.37. The van der Waals surface area contributed by atoms with Gasteiger partial charge in [-0.3, -0.25) is 0 Å². The number of aliphatic hydroxyl groups is 2. The number of hydrogen-bond acceptors (Lipinski definition) is 4. The van der Waals surface area contributed by atoms with Gasteiger partial charge in [0.15, 0.2) is 0 Å². The maximum Gasteiger partial charge on any atom is 0.335 e. The first-order chi connectivity index (χ1) is 13.5. The average molecular weight is 402 g/mol. The van der Waals surface area contributed by atoms with E-state index in [1.54, 1.807) is 73.7 Å². The quantitative estimate of drug-likeness (QED) is 0.541. The van der Waals surface area contributed by atoms with E-state index < -0.39 is 29.6 Å². The van der Waals surface area contributed by atoms with E-state index in [1.807, 2.05) is 13.8 Å². The monoisotopic (exact) mass is 402 g/mol. The number of aliphatic hydroxyl groups excluding tert-OH is 2. The number of carboxylic acids is 2. The summed E-state index contributed by atoms with van der Waals surface area (Å²) in [5, 5.41) is 35.6. The van der Waals surface area contributed by atoms with Crippen LogP contribution in [0.1, 0.15) is 47.9 Å². The lowest BCUT2D eigenvalue weighted by Crippen LogP contribution is -2.38. The zero-order chi connectivity index (χ0) is 22.4. The van der Waals surface area contributed by atoms with Crippen LogP contribution in [0, 0.1) is 5.41 Å². The van der Waals surface area contributed by atoms with Crippen molar-refractivity contribution in [2.45, 2.75) is 39.4 Å². The molecule has 0 saturated heterocycles. The molecule has 0 fully saturated rings. The Morgan fingerprint density at radius 2 is 1.24 bits per heavy atom. The first-order valence-electron chi connectivity index (χ1n) is 9.07. The van der Waals surface area contributed by atoms with E-state index >= 15 is 0 Å². The third kappa shape index (κ3) is 10.2. The summed E-state index contributed by atoms with van der Waals surface area (Å²) in [5.74, 6) is -1.76. The van der Waals surface area contributed by atoms with Crippen LogP contribution in [0.5, 0.6) is 0 Å². The molecule has 2 unspecified atom stereocenters. The van der Waals surface area contributed by atoms with Crippen molar-refractivity contribution >= 4 is 11.9 Å².